The Morgan fingerprint density at radius 2 is 2.32 bits per heavy atom. The highest BCUT2D eigenvalue weighted by molar-refractivity contribution is 7.96. The number of aromatic nitrogens is 4. The van der Waals surface area contributed by atoms with Crippen LogP contribution in [0.4, 0.5) is 14.6 Å². The molecule has 0 aromatic carbocycles. The summed E-state index contributed by atoms with van der Waals surface area (Å²) in [7, 11) is 0. The normalized spacial score (nSPS) is 17.9. The Balaban J connectivity index is 1.83. The minimum Gasteiger partial charge on any atom is -0.404 e. The molecular weight excluding hydrogens is 388 g/mol. The molecule has 8 nitrogen and oxygen atoms in total. The summed E-state index contributed by atoms with van der Waals surface area (Å²) in [6, 6.07) is 2.92. The SMILES string of the molecule is CSNCC1CN(c2cc(C(=CN)c3nccc(C(F)F)n3)ncn2)CCO1. The highest BCUT2D eigenvalue weighted by Gasteiger charge is 2.22. The van der Waals surface area contributed by atoms with Gasteiger partial charge in [0, 0.05) is 38.1 Å². The minimum absolute atomic E-state index is 0.0372. The number of anilines is 1. The molecule has 1 atom stereocenters. The van der Waals surface area contributed by atoms with Gasteiger partial charge in [0.1, 0.15) is 17.8 Å². The molecule has 0 radical (unpaired) electrons. The highest BCUT2D eigenvalue weighted by Crippen LogP contribution is 2.24. The van der Waals surface area contributed by atoms with E-state index in [0.717, 1.165) is 6.54 Å². The van der Waals surface area contributed by atoms with Crippen LogP contribution in [0.5, 0.6) is 0 Å². The first-order valence-electron chi connectivity index (χ1n) is 8.60. The van der Waals surface area contributed by atoms with E-state index in [4.69, 9.17) is 10.5 Å². The van der Waals surface area contributed by atoms with E-state index in [1.165, 1.54) is 36.7 Å². The molecule has 28 heavy (non-hydrogen) atoms. The molecule has 150 valence electrons. The fourth-order valence-electron chi connectivity index (χ4n) is 2.79. The van der Waals surface area contributed by atoms with Gasteiger partial charge in [-0.3, -0.25) is 4.72 Å². The number of hydrogen-bond acceptors (Lipinski definition) is 9. The van der Waals surface area contributed by atoms with Gasteiger partial charge in [0.2, 0.25) is 0 Å². The van der Waals surface area contributed by atoms with Gasteiger partial charge in [-0.1, -0.05) is 11.9 Å². The van der Waals surface area contributed by atoms with Crippen LogP contribution in [0, 0.1) is 0 Å². The van der Waals surface area contributed by atoms with Crippen LogP contribution in [0.1, 0.15) is 23.6 Å². The summed E-state index contributed by atoms with van der Waals surface area (Å²) in [5.41, 5.74) is 6.19. The van der Waals surface area contributed by atoms with Crippen molar-refractivity contribution >= 4 is 23.3 Å². The first-order chi connectivity index (χ1) is 13.6. The third-order valence-electron chi connectivity index (χ3n) is 4.15. The molecule has 0 spiro atoms. The van der Waals surface area contributed by atoms with Crippen molar-refractivity contribution in [3.05, 3.63) is 48.1 Å². The predicted molar refractivity (Wildman–Crippen MR) is 104 cm³/mol. The lowest BCUT2D eigenvalue weighted by atomic mass is 10.1. The van der Waals surface area contributed by atoms with Crippen molar-refractivity contribution in [3.63, 3.8) is 0 Å². The standard InChI is InChI=1S/C17H21F2N7OS/c1-28-24-8-11-9-26(4-5-27-11)15-6-14(22-10-23-15)12(7-20)17-21-3-2-13(25-17)16(18)19/h2-3,6-7,10-11,16,24H,4-5,8-9,20H2,1H3. The molecule has 1 unspecified atom stereocenters. The second-order valence-corrected chi connectivity index (χ2v) is 6.64. The summed E-state index contributed by atoms with van der Waals surface area (Å²) in [4.78, 5) is 18.6. The molecule has 3 rings (SSSR count). The van der Waals surface area contributed by atoms with E-state index in [1.807, 2.05) is 6.26 Å². The number of nitrogens with one attached hydrogen (secondary N) is 1. The van der Waals surface area contributed by atoms with Crippen LogP contribution in [0.25, 0.3) is 5.57 Å². The Morgan fingerprint density at radius 1 is 1.46 bits per heavy atom. The van der Waals surface area contributed by atoms with Crippen LogP contribution in [0.3, 0.4) is 0 Å². The lowest BCUT2D eigenvalue weighted by Gasteiger charge is -2.33. The van der Waals surface area contributed by atoms with E-state index in [2.05, 4.69) is 29.6 Å². The third kappa shape index (κ3) is 4.91. The molecule has 11 heteroatoms. The summed E-state index contributed by atoms with van der Waals surface area (Å²) < 4.78 is 34.9. The molecule has 0 aliphatic carbocycles. The Hall–Kier alpha value is -2.37. The minimum atomic E-state index is -2.69. The Bertz CT molecular complexity index is 824. The maximum absolute atomic E-state index is 13.0. The molecule has 2 aromatic heterocycles. The fraction of sp³-hybridized carbons (Fsp3) is 0.412. The maximum atomic E-state index is 13.0. The number of morpholine rings is 1. The van der Waals surface area contributed by atoms with Gasteiger partial charge in [0.25, 0.3) is 6.43 Å². The molecule has 1 fully saturated rings. The van der Waals surface area contributed by atoms with Gasteiger partial charge >= 0.3 is 0 Å². The van der Waals surface area contributed by atoms with Crippen LogP contribution in [0.2, 0.25) is 0 Å². The van der Waals surface area contributed by atoms with Gasteiger partial charge in [-0.15, -0.1) is 0 Å². The number of nitrogens with zero attached hydrogens (tertiary/aromatic N) is 5. The molecule has 1 aliphatic rings. The average Bonchev–Trinajstić information content (AvgIpc) is 2.73. The van der Waals surface area contributed by atoms with Crippen LogP contribution in [-0.2, 0) is 4.74 Å². The summed E-state index contributed by atoms with van der Waals surface area (Å²) in [5, 5.41) is 0. The van der Waals surface area contributed by atoms with Crippen molar-refractivity contribution in [3.8, 4) is 0 Å². The Morgan fingerprint density at radius 3 is 3.07 bits per heavy atom. The van der Waals surface area contributed by atoms with Gasteiger partial charge in [-0.05, 0) is 12.3 Å². The number of halogens is 2. The number of rotatable bonds is 7. The highest BCUT2D eigenvalue weighted by atomic mass is 32.2. The van der Waals surface area contributed by atoms with Gasteiger partial charge in [0.05, 0.1) is 24.0 Å². The van der Waals surface area contributed by atoms with Crippen LogP contribution >= 0.6 is 11.9 Å². The van der Waals surface area contributed by atoms with Gasteiger partial charge in [-0.2, -0.15) is 0 Å². The summed E-state index contributed by atoms with van der Waals surface area (Å²) in [5.74, 6) is 0.792. The van der Waals surface area contributed by atoms with Gasteiger partial charge < -0.3 is 15.4 Å². The van der Waals surface area contributed by atoms with E-state index in [9.17, 15) is 8.78 Å². The second kappa shape index (κ2) is 9.71. The molecule has 1 aliphatic heterocycles. The molecule has 0 amide bonds. The molecular formula is C17H21F2N7OS. The molecule has 2 aromatic rings. The van der Waals surface area contributed by atoms with E-state index in [-0.39, 0.29) is 17.6 Å². The van der Waals surface area contributed by atoms with Crippen molar-refractivity contribution in [2.75, 3.05) is 37.4 Å². The molecule has 3 N–H and O–H groups in total. The van der Waals surface area contributed by atoms with Crippen LogP contribution in [-0.4, -0.2) is 58.5 Å². The molecule has 1 saturated heterocycles. The van der Waals surface area contributed by atoms with Crippen LogP contribution < -0.4 is 15.4 Å². The number of alkyl halides is 2. The fourth-order valence-corrected chi connectivity index (χ4v) is 3.15. The zero-order chi connectivity index (χ0) is 19.9. The zero-order valence-electron chi connectivity index (χ0n) is 15.3. The zero-order valence-corrected chi connectivity index (χ0v) is 16.1. The van der Waals surface area contributed by atoms with Gasteiger partial charge in [-0.25, -0.2) is 28.7 Å². The van der Waals surface area contributed by atoms with E-state index in [1.54, 1.807) is 6.07 Å². The lowest BCUT2D eigenvalue weighted by Crippen LogP contribution is -2.46. The van der Waals surface area contributed by atoms with Crippen molar-refractivity contribution in [1.29, 1.82) is 0 Å². The topological polar surface area (TPSA) is 102 Å². The molecule has 0 bridgehead atoms. The summed E-state index contributed by atoms with van der Waals surface area (Å²) in [6.07, 6.45) is 3.26. The second-order valence-electron chi connectivity index (χ2n) is 5.94. The first-order valence-corrected chi connectivity index (χ1v) is 9.83. The number of ether oxygens (including phenoxy) is 1. The Kier molecular flexibility index (Phi) is 7.06. The third-order valence-corrected chi connectivity index (χ3v) is 4.61. The van der Waals surface area contributed by atoms with Crippen molar-refractivity contribution in [2.45, 2.75) is 12.5 Å². The van der Waals surface area contributed by atoms with E-state index < -0.39 is 6.43 Å². The number of nitrogens with two attached hydrogens (primary N) is 1. The van der Waals surface area contributed by atoms with Crippen LogP contribution in [0.15, 0.2) is 30.9 Å². The number of hydrogen-bond donors (Lipinski definition) is 2. The largest absolute Gasteiger partial charge is 0.404 e. The molecule has 0 saturated carbocycles. The van der Waals surface area contributed by atoms with Crippen molar-refractivity contribution < 1.29 is 13.5 Å². The van der Waals surface area contributed by atoms with E-state index in [0.29, 0.717) is 36.8 Å². The average molecular weight is 409 g/mol. The maximum Gasteiger partial charge on any atom is 0.280 e. The molecule has 3 heterocycles. The monoisotopic (exact) mass is 409 g/mol. The van der Waals surface area contributed by atoms with Gasteiger partial charge in [0.15, 0.2) is 5.82 Å². The quantitative estimate of drug-likeness (QED) is 0.661. The Labute approximate surface area is 165 Å². The summed E-state index contributed by atoms with van der Waals surface area (Å²) >= 11 is 1.54. The van der Waals surface area contributed by atoms with Crippen molar-refractivity contribution in [2.24, 2.45) is 5.73 Å². The first kappa shape index (κ1) is 20.4. The lowest BCUT2D eigenvalue weighted by molar-refractivity contribution is 0.0444. The summed E-state index contributed by atoms with van der Waals surface area (Å²) in [6.45, 7) is 2.66. The predicted octanol–water partition coefficient (Wildman–Crippen LogP) is 1.62. The smallest absolute Gasteiger partial charge is 0.280 e. The van der Waals surface area contributed by atoms with Crippen molar-refractivity contribution in [1.82, 2.24) is 24.7 Å². The van der Waals surface area contributed by atoms with E-state index >= 15 is 0 Å².